The molecule has 2 heterocycles. The van der Waals surface area contributed by atoms with E-state index in [1.54, 1.807) is 6.07 Å². The van der Waals surface area contributed by atoms with Crippen LogP contribution in [-0.2, 0) is 4.79 Å². The topological polar surface area (TPSA) is 58.4 Å². The van der Waals surface area contributed by atoms with Gasteiger partial charge in [-0.1, -0.05) is 12.1 Å². The summed E-state index contributed by atoms with van der Waals surface area (Å²) in [4.78, 5) is 13.9. The maximum Gasteiger partial charge on any atom is 0.225 e. The van der Waals surface area contributed by atoms with Gasteiger partial charge in [0.25, 0.3) is 0 Å². The molecule has 2 saturated heterocycles. The summed E-state index contributed by atoms with van der Waals surface area (Å²) in [5, 5.41) is 2.90. The summed E-state index contributed by atoms with van der Waals surface area (Å²) in [6.45, 7) is 3.23. The van der Waals surface area contributed by atoms with Gasteiger partial charge in [0.2, 0.25) is 5.91 Å². The maximum absolute atomic E-state index is 14.3. The minimum Gasteiger partial charge on any atom is -0.363 e. The number of carbonyl (C=O) groups excluding carboxylic acids is 1. The largest absolute Gasteiger partial charge is 0.363 e. The molecule has 108 valence electrons. The van der Waals surface area contributed by atoms with Gasteiger partial charge in [-0.25, -0.2) is 4.39 Å². The number of nitrogens with zero attached hydrogens (tertiary/aromatic N) is 1. The fraction of sp³-hybridized carbons (Fsp3) is 0.533. The highest BCUT2D eigenvalue weighted by Crippen LogP contribution is 2.36. The van der Waals surface area contributed by atoms with Crippen molar-refractivity contribution in [3.05, 3.63) is 29.6 Å². The van der Waals surface area contributed by atoms with E-state index < -0.39 is 0 Å². The molecule has 2 aliphatic rings. The van der Waals surface area contributed by atoms with Crippen LogP contribution in [0.25, 0.3) is 0 Å². The summed E-state index contributed by atoms with van der Waals surface area (Å²) in [5.74, 6) is -0.178. The van der Waals surface area contributed by atoms with Crippen LogP contribution in [0.2, 0.25) is 0 Å². The highest BCUT2D eigenvalue weighted by Gasteiger charge is 2.42. The molecule has 1 aromatic carbocycles. The number of rotatable bonds is 2. The van der Waals surface area contributed by atoms with Gasteiger partial charge in [-0.3, -0.25) is 4.79 Å². The lowest BCUT2D eigenvalue weighted by molar-refractivity contribution is -0.123. The first-order valence-electron chi connectivity index (χ1n) is 7.18. The van der Waals surface area contributed by atoms with Crippen molar-refractivity contribution < 1.29 is 9.18 Å². The fourth-order valence-corrected chi connectivity index (χ4v) is 3.43. The molecule has 2 aliphatic heterocycles. The van der Waals surface area contributed by atoms with E-state index in [-0.39, 0.29) is 29.7 Å². The first-order chi connectivity index (χ1) is 9.59. The van der Waals surface area contributed by atoms with E-state index in [4.69, 9.17) is 5.73 Å². The molecule has 2 unspecified atom stereocenters. The second-order valence-electron chi connectivity index (χ2n) is 5.72. The van der Waals surface area contributed by atoms with Crippen LogP contribution in [0.3, 0.4) is 0 Å². The number of carbonyl (C=O) groups is 1. The van der Waals surface area contributed by atoms with Crippen LogP contribution in [0, 0.1) is 11.7 Å². The molecule has 0 radical (unpaired) electrons. The van der Waals surface area contributed by atoms with E-state index >= 15 is 0 Å². The van der Waals surface area contributed by atoms with Crippen molar-refractivity contribution in [3.63, 3.8) is 0 Å². The van der Waals surface area contributed by atoms with E-state index in [1.165, 1.54) is 6.07 Å². The first-order valence-corrected chi connectivity index (χ1v) is 7.18. The Morgan fingerprint density at radius 2 is 2.30 bits per heavy atom. The van der Waals surface area contributed by atoms with Gasteiger partial charge >= 0.3 is 0 Å². The van der Waals surface area contributed by atoms with Gasteiger partial charge < -0.3 is 16.0 Å². The van der Waals surface area contributed by atoms with Crippen molar-refractivity contribution in [1.29, 1.82) is 0 Å². The van der Waals surface area contributed by atoms with Crippen LogP contribution in [0.1, 0.15) is 31.4 Å². The number of nitrogens with one attached hydrogen (secondary N) is 1. The summed E-state index contributed by atoms with van der Waals surface area (Å²) < 4.78 is 14.3. The first kappa shape index (κ1) is 13.4. The van der Waals surface area contributed by atoms with Crippen LogP contribution >= 0.6 is 0 Å². The van der Waals surface area contributed by atoms with Gasteiger partial charge in [0.05, 0.1) is 17.6 Å². The molecule has 0 aromatic heterocycles. The molecule has 3 rings (SSSR count). The van der Waals surface area contributed by atoms with Crippen molar-refractivity contribution in [3.8, 4) is 0 Å². The van der Waals surface area contributed by atoms with E-state index in [2.05, 4.69) is 5.32 Å². The summed E-state index contributed by atoms with van der Waals surface area (Å²) >= 11 is 0. The molecule has 0 bridgehead atoms. The number of anilines is 1. The molecule has 0 saturated carbocycles. The highest BCUT2D eigenvalue weighted by atomic mass is 19.1. The van der Waals surface area contributed by atoms with Crippen LogP contribution in [0.15, 0.2) is 18.2 Å². The smallest absolute Gasteiger partial charge is 0.225 e. The molecule has 0 spiro atoms. The minimum absolute atomic E-state index is 0.0238. The highest BCUT2D eigenvalue weighted by molar-refractivity contribution is 5.83. The number of amides is 1. The second-order valence-corrected chi connectivity index (χ2v) is 5.72. The molecule has 4 nitrogen and oxygen atoms in total. The lowest BCUT2D eigenvalue weighted by Gasteiger charge is -2.39. The predicted octanol–water partition coefficient (Wildman–Crippen LogP) is 1.56. The number of hydrogen-bond donors (Lipinski definition) is 2. The summed E-state index contributed by atoms with van der Waals surface area (Å²) in [7, 11) is 0. The van der Waals surface area contributed by atoms with Gasteiger partial charge in [0.15, 0.2) is 0 Å². The van der Waals surface area contributed by atoms with Crippen molar-refractivity contribution >= 4 is 11.6 Å². The molecule has 3 N–H and O–H groups in total. The SMILES string of the molecule is C[C@H](N)c1cccc(F)c1N1CCCC2C(=O)NCC21. The zero-order valence-corrected chi connectivity index (χ0v) is 11.6. The lowest BCUT2D eigenvalue weighted by atomic mass is 9.90. The third kappa shape index (κ3) is 2.06. The van der Waals surface area contributed by atoms with Crippen LogP contribution in [-0.4, -0.2) is 25.0 Å². The van der Waals surface area contributed by atoms with E-state index in [9.17, 15) is 9.18 Å². The molecule has 5 heteroatoms. The number of para-hydroxylation sites is 1. The monoisotopic (exact) mass is 277 g/mol. The molecule has 3 atom stereocenters. The molecule has 0 aliphatic carbocycles. The Kier molecular flexibility index (Phi) is 3.38. The van der Waals surface area contributed by atoms with Gasteiger partial charge in [0, 0.05) is 19.1 Å². The number of fused-ring (bicyclic) bond motifs is 1. The molecular formula is C15H20FN3O. The summed E-state index contributed by atoms with van der Waals surface area (Å²) in [6.07, 6.45) is 1.79. The van der Waals surface area contributed by atoms with Crippen LogP contribution in [0.5, 0.6) is 0 Å². The zero-order valence-electron chi connectivity index (χ0n) is 11.6. The third-order valence-electron chi connectivity index (χ3n) is 4.40. The Morgan fingerprint density at radius 1 is 1.50 bits per heavy atom. The van der Waals surface area contributed by atoms with E-state index in [0.717, 1.165) is 24.9 Å². The lowest BCUT2D eigenvalue weighted by Crippen LogP contribution is -2.46. The molecular weight excluding hydrogens is 257 g/mol. The Morgan fingerprint density at radius 3 is 3.05 bits per heavy atom. The summed E-state index contributed by atoms with van der Waals surface area (Å²) in [6, 6.07) is 4.85. The predicted molar refractivity (Wildman–Crippen MR) is 75.9 cm³/mol. The van der Waals surface area contributed by atoms with Crippen LogP contribution in [0.4, 0.5) is 10.1 Å². The van der Waals surface area contributed by atoms with Crippen molar-refractivity contribution in [1.82, 2.24) is 5.32 Å². The third-order valence-corrected chi connectivity index (χ3v) is 4.40. The number of hydrogen-bond acceptors (Lipinski definition) is 3. The van der Waals surface area contributed by atoms with Gasteiger partial charge in [0.1, 0.15) is 5.82 Å². The number of piperidine rings is 1. The molecule has 1 amide bonds. The Hall–Kier alpha value is -1.62. The van der Waals surface area contributed by atoms with Crippen LogP contribution < -0.4 is 16.0 Å². The second kappa shape index (κ2) is 5.05. The Labute approximate surface area is 118 Å². The Bertz CT molecular complexity index is 532. The van der Waals surface area contributed by atoms with Gasteiger partial charge in [-0.05, 0) is 31.4 Å². The molecule has 1 aromatic rings. The normalized spacial score (nSPS) is 27.1. The maximum atomic E-state index is 14.3. The van der Waals surface area contributed by atoms with Gasteiger partial charge in [-0.2, -0.15) is 0 Å². The average molecular weight is 277 g/mol. The van der Waals surface area contributed by atoms with Crippen molar-refractivity contribution in [2.45, 2.75) is 31.8 Å². The van der Waals surface area contributed by atoms with Crippen molar-refractivity contribution in [2.75, 3.05) is 18.0 Å². The van der Waals surface area contributed by atoms with E-state index in [0.29, 0.717) is 12.2 Å². The number of halogens is 1. The minimum atomic E-state index is -0.250. The van der Waals surface area contributed by atoms with E-state index in [1.807, 2.05) is 17.9 Å². The molecule has 2 fully saturated rings. The zero-order chi connectivity index (χ0) is 14.3. The number of nitrogens with two attached hydrogens (primary N) is 1. The fourth-order valence-electron chi connectivity index (χ4n) is 3.43. The molecule has 20 heavy (non-hydrogen) atoms. The quantitative estimate of drug-likeness (QED) is 0.862. The standard InChI is InChI=1S/C15H20FN3O/c1-9(17)10-4-2-6-12(16)14(10)19-7-3-5-11-13(19)8-18-15(11)20/h2,4,6,9,11,13H,3,5,7-8,17H2,1H3,(H,18,20)/t9-,11?,13?/m0/s1. The number of benzene rings is 1. The van der Waals surface area contributed by atoms with Gasteiger partial charge in [-0.15, -0.1) is 0 Å². The summed E-state index contributed by atoms with van der Waals surface area (Å²) in [5.41, 5.74) is 7.37. The average Bonchev–Trinajstić information content (AvgIpc) is 2.80. The Balaban J connectivity index is 2.02. The van der Waals surface area contributed by atoms with Crippen molar-refractivity contribution in [2.24, 2.45) is 11.7 Å².